The minimum absolute atomic E-state index is 0.191. The maximum absolute atomic E-state index is 11.9. The number of carboxylic acid groups (broad SMARTS) is 1. The van der Waals surface area contributed by atoms with Crippen LogP contribution in [0, 0.1) is 5.92 Å². The number of carbonyl (C=O) groups excluding carboxylic acids is 1. The first-order valence-corrected chi connectivity index (χ1v) is 5.77. The normalized spacial score (nSPS) is 23.3. The molecule has 4 heteroatoms. The summed E-state index contributed by atoms with van der Waals surface area (Å²) in [5.74, 6) is -1.45. The molecular formula is C13H15NO3. The molecule has 17 heavy (non-hydrogen) atoms. The van der Waals surface area contributed by atoms with E-state index in [-0.39, 0.29) is 11.9 Å². The van der Waals surface area contributed by atoms with E-state index in [4.69, 9.17) is 5.11 Å². The van der Waals surface area contributed by atoms with E-state index in [0.717, 1.165) is 12.8 Å². The average Bonchev–Trinajstić information content (AvgIpc) is 2.78. The Balaban J connectivity index is 2.02. The Morgan fingerprint density at radius 2 is 1.88 bits per heavy atom. The SMILES string of the molecule is O=C(N[C@H]1CCC[C@H]1C(=O)O)c1ccccc1. The molecule has 90 valence electrons. The molecule has 1 saturated carbocycles. The van der Waals surface area contributed by atoms with Crippen molar-refractivity contribution in [2.75, 3.05) is 0 Å². The highest BCUT2D eigenvalue weighted by Crippen LogP contribution is 2.26. The summed E-state index contributed by atoms with van der Waals surface area (Å²) in [6.45, 7) is 0. The fourth-order valence-electron chi connectivity index (χ4n) is 2.27. The first-order valence-electron chi connectivity index (χ1n) is 5.77. The molecule has 2 N–H and O–H groups in total. The molecule has 0 unspecified atom stereocenters. The maximum Gasteiger partial charge on any atom is 0.308 e. The minimum Gasteiger partial charge on any atom is -0.481 e. The minimum atomic E-state index is -0.819. The Kier molecular flexibility index (Phi) is 3.42. The van der Waals surface area contributed by atoms with Crippen molar-refractivity contribution in [2.24, 2.45) is 5.92 Å². The molecule has 0 spiro atoms. The van der Waals surface area contributed by atoms with Gasteiger partial charge in [0.15, 0.2) is 0 Å². The lowest BCUT2D eigenvalue weighted by Gasteiger charge is -2.17. The summed E-state index contributed by atoms with van der Waals surface area (Å²) in [6.07, 6.45) is 2.25. The fraction of sp³-hybridized carbons (Fsp3) is 0.385. The van der Waals surface area contributed by atoms with Gasteiger partial charge in [-0.05, 0) is 25.0 Å². The average molecular weight is 233 g/mol. The van der Waals surface area contributed by atoms with Gasteiger partial charge >= 0.3 is 5.97 Å². The standard InChI is InChI=1S/C13H15NO3/c15-12(9-5-2-1-3-6-9)14-11-8-4-7-10(11)13(16)17/h1-3,5-6,10-11H,4,7-8H2,(H,14,15)(H,16,17)/t10-,11+/m1/s1. The van der Waals surface area contributed by atoms with Gasteiger partial charge in [-0.15, -0.1) is 0 Å². The summed E-state index contributed by atoms with van der Waals surface area (Å²) in [4.78, 5) is 22.8. The third kappa shape index (κ3) is 2.64. The number of hydrogen-bond acceptors (Lipinski definition) is 2. The number of carboxylic acids is 1. The van der Waals surface area contributed by atoms with Gasteiger partial charge in [0.2, 0.25) is 0 Å². The lowest BCUT2D eigenvalue weighted by molar-refractivity contribution is -0.142. The van der Waals surface area contributed by atoms with Crippen molar-refractivity contribution in [2.45, 2.75) is 25.3 Å². The molecule has 2 rings (SSSR count). The Labute approximate surface area is 99.6 Å². The number of carbonyl (C=O) groups is 2. The van der Waals surface area contributed by atoms with Crippen LogP contribution in [0.3, 0.4) is 0 Å². The molecule has 0 aromatic heterocycles. The Morgan fingerprint density at radius 3 is 2.53 bits per heavy atom. The summed E-state index contributed by atoms with van der Waals surface area (Å²) >= 11 is 0. The van der Waals surface area contributed by atoms with E-state index in [9.17, 15) is 9.59 Å². The van der Waals surface area contributed by atoms with Crippen molar-refractivity contribution >= 4 is 11.9 Å². The van der Waals surface area contributed by atoms with E-state index >= 15 is 0 Å². The van der Waals surface area contributed by atoms with Crippen LogP contribution in [-0.4, -0.2) is 23.0 Å². The Hall–Kier alpha value is -1.84. The quantitative estimate of drug-likeness (QED) is 0.834. The van der Waals surface area contributed by atoms with E-state index in [0.29, 0.717) is 12.0 Å². The van der Waals surface area contributed by atoms with Crippen molar-refractivity contribution in [1.29, 1.82) is 0 Å². The zero-order valence-corrected chi connectivity index (χ0v) is 9.43. The topological polar surface area (TPSA) is 66.4 Å². The number of aliphatic carboxylic acids is 1. The van der Waals surface area contributed by atoms with E-state index in [1.54, 1.807) is 24.3 Å². The molecule has 1 fully saturated rings. The van der Waals surface area contributed by atoms with Gasteiger partial charge in [0.05, 0.1) is 5.92 Å². The molecular weight excluding hydrogens is 218 g/mol. The van der Waals surface area contributed by atoms with Crippen molar-refractivity contribution < 1.29 is 14.7 Å². The monoisotopic (exact) mass is 233 g/mol. The lowest BCUT2D eigenvalue weighted by Crippen LogP contribution is -2.40. The zero-order chi connectivity index (χ0) is 12.3. The van der Waals surface area contributed by atoms with E-state index in [1.165, 1.54) is 0 Å². The highest BCUT2D eigenvalue weighted by atomic mass is 16.4. The highest BCUT2D eigenvalue weighted by Gasteiger charge is 2.33. The Bertz CT molecular complexity index is 416. The second kappa shape index (κ2) is 4.99. The van der Waals surface area contributed by atoms with E-state index < -0.39 is 11.9 Å². The number of hydrogen-bond donors (Lipinski definition) is 2. The van der Waals surface area contributed by atoms with Crippen LogP contribution >= 0.6 is 0 Å². The van der Waals surface area contributed by atoms with Crippen LogP contribution in [0.25, 0.3) is 0 Å². The molecule has 0 radical (unpaired) electrons. The van der Waals surface area contributed by atoms with Crippen molar-refractivity contribution in [3.63, 3.8) is 0 Å². The van der Waals surface area contributed by atoms with Crippen LogP contribution < -0.4 is 5.32 Å². The van der Waals surface area contributed by atoms with Gasteiger partial charge in [0.25, 0.3) is 5.91 Å². The molecule has 1 amide bonds. The van der Waals surface area contributed by atoms with Crippen LogP contribution in [0.15, 0.2) is 30.3 Å². The molecule has 1 aliphatic carbocycles. The third-order valence-electron chi connectivity index (χ3n) is 3.19. The predicted molar refractivity (Wildman–Crippen MR) is 62.7 cm³/mol. The molecule has 0 heterocycles. The summed E-state index contributed by atoms with van der Waals surface area (Å²) in [6, 6.07) is 8.63. The number of benzene rings is 1. The molecule has 1 aromatic rings. The maximum atomic E-state index is 11.9. The number of rotatable bonds is 3. The van der Waals surface area contributed by atoms with Crippen molar-refractivity contribution in [3.8, 4) is 0 Å². The molecule has 1 aromatic carbocycles. The summed E-state index contributed by atoms with van der Waals surface area (Å²) < 4.78 is 0. The van der Waals surface area contributed by atoms with Gasteiger partial charge in [-0.25, -0.2) is 0 Å². The van der Waals surface area contributed by atoms with Crippen LogP contribution in [-0.2, 0) is 4.79 Å². The fourth-order valence-corrected chi connectivity index (χ4v) is 2.27. The van der Waals surface area contributed by atoms with Crippen LogP contribution in [0.5, 0.6) is 0 Å². The van der Waals surface area contributed by atoms with E-state index in [1.807, 2.05) is 6.07 Å². The second-order valence-corrected chi connectivity index (χ2v) is 4.32. The second-order valence-electron chi connectivity index (χ2n) is 4.32. The van der Waals surface area contributed by atoms with Gasteiger partial charge < -0.3 is 10.4 Å². The molecule has 4 nitrogen and oxygen atoms in total. The van der Waals surface area contributed by atoms with Gasteiger partial charge in [-0.2, -0.15) is 0 Å². The van der Waals surface area contributed by atoms with Gasteiger partial charge in [0.1, 0.15) is 0 Å². The smallest absolute Gasteiger partial charge is 0.308 e. The first-order chi connectivity index (χ1) is 8.18. The van der Waals surface area contributed by atoms with Crippen molar-refractivity contribution in [3.05, 3.63) is 35.9 Å². The predicted octanol–water partition coefficient (Wildman–Crippen LogP) is 1.67. The molecule has 0 aliphatic heterocycles. The molecule has 1 aliphatic rings. The van der Waals surface area contributed by atoms with Crippen molar-refractivity contribution in [1.82, 2.24) is 5.32 Å². The summed E-state index contributed by atoms with van der Waals surface area (Å²) in [5.41, 5.74) is 0.573. The summed E-state index contributed by atoms with van der Waals surface area (Å²) in [5, 5.41) is 11.8. The largest absolute Gasteiger partial charge is 0.481 e. The van der Waals surface area contributed by atoms with Gasteiger partial charge in [0, 0.05) is 11.6 Å². The van der Waals surface area contributed by atoms with Crippen LogP contribution in [0.2, 0.25) is 0 Å². The molecule has 0 saturated heterocycles. The molecule has 2 atom stereocenters. The summed E-state index contributed by atoms with van der Waals surface area (Å²) in [7, 11) is 0. The Morgan fingerprint density at radius 1 is 1.18 bits per heavy atom. The van der Waals surface area contributed by atoms with Crippen LogP contribution in [0.4, 0.5) is 0 Å². The van der Waals surface area contributed by atoms with Gasteiger partial charge in [-0.1, -0.05) is 24.6 Å². The number of amides is 1. The first kappa shape index (κ1) is 11.6. The molecule has 0 bridgehead atoms. The third-order valence-corrected chi connectivity index (χ3v) is 3.19. The van der Waals surface area contributed by atoms with E-state index in [2.05, 4.69) is 5.32 Å². The highest BCUT2D eigenvalue weighted by molar-refractivity contribution is 5.94. The van der Waals surface area contributed by atoms with Gasteiger partial charge in [-0.3, -0.25) is 9.59 Å². The lowest BCUT2D eigenvalue weighted by atomic mass is 10.0. The number of nitrogens with one attached hydrogen (secondary N) is 1. The van der Waals surface area contributed by atoms with Crippen LogP contribution in [0.1, 0.15) is 29.6 Å². The zero-order valence-electron chi connectivity index (χ0n) is 9.43.